The lowest BCUT2D eigenvalue weighted by atomic mass is 10.1. The number of nitrogens with one attached hydrogen (secondary N) is 1. The maximum absolute atomic E-state index is 12.7. The zero-order valence-electron chi connectivity index (χ0n) is 15.6. The minimum Gasteiger partial charge on any atom is -0.478 e. The Morgan fingerprint density at radius 3 is 2.60 bits per heavy atom. The summed E-state index contributed by atoms with van der Waals surface area (Å²) in [7, 11) is -2.72. The van der Waals surface area contributed by atoms with Gasteiger partial charge in [0, 0.05) is 5.75 Å². The average Bonchev–Trinajstić information content (AvgIpc) is 2.75. The topological polar surface area (TPSA) is 101 Å². The van der Waals surface area contributed by atoms with E-state index in [4.69, 9.17) is 27.9 Å². The summed E-state index contributed by atoms with van der Waals surface area (Å²) in [6.45, 7) is 0. The number of thioether (sulfide) groups is 1. The first-order valence-electron chi connectivity index (χ1n) is 8.55. The van der Waals surface area contributed by atoms with Crippen molar-refractivity contribution in [3.63, 3.8) is 0 Å². The van der Waals surface area contributed by atoms with E-state index < -0.39 is 16.1 Å². The minimum atomic E-state index is -4.07. The third-order valence-corrected chi connectivity index (χ3v) is 7.21. The minimum absolute atomic E-state index is 0.0177. The van der Waals surface area contributed by atoms with Gasteiger partial charge in [-0.3, -0.25) is 4.72 Å². The van der Waals surface area contributed by atoms with Crippen molar-refractivity contribution < 1.29 is 18.3 Å². The molecule has 0 fully saturated rings. The van der Waals surface area contributed by atoms with Crippen LogP contribution >= 0.6 is 35.0 Å². The molecule has 0 aliphatic heterocycles. The van der Waals surface area contributed by atoms with E-state index in [0.29, 0.717) is 10.8 Å². The fraction of sp³-hybridized carbons (Fsp3) is 0.158. The molecule has 1 aromatic heterocycles. The van der Waals surface area contributed by atoms with Gasteiger partial charge in [-0.2, -0.15) is 0 Å². The predicted molar refractivity (Wildman–Crippen MR) is 118 cm³/mol. The molecule has 11 heteroatoms. The number of aliphatic hydroxyl groups excluding tert-OH is 1. The molecular weight excluding hydrogens is 469 g/mol. The van der Waals surface area contributed by atoms with Gasteiger partial charge in [0.25, 0.3) is 15.9 Å². The Balaban J connectivity index is 1.76. The predicted octanol–water partition coefficient (Wildman–Crippen LogP) is 4.42. The van der Waals surface area contributed by atoms with Gasteiger partial charge in [0.05, 0.1) is 29.5 Å². The molecule has 3 aromatic rings. The molecule has 0 bridgehead atoms. The Labute approximate surface area is 188 Å². The third kappa shape index (κ3) is 5.35. The molecule has 1 unspecified atom stereocenters. The smallest absolute Gasteiger partial charge is 0.264 e. The number of hydrogen-bond donors (Lipinski definition) is 2. The van der Waals surface area contributed by atoms with Crippen molar-refractivity contribution in [3.8, 4) is 5.88 Å². The molecule has 1 atom stereocenters. The van der Waals surface area contributed by atoms with Crippen molar-refractivity contribution in [3.05, 3.63) is 70.3 Å². The summed E-state index contributed by atoms with van der Waals surface area (Å²) >= 11 is 13.2. The number of halogens is 2. The van der Waals surface area contributed by atoms with E-state index in [0.717, 1.165) is 5.56 Å². The number of nitrogens with zero attached hydrogens (tertiary/aromatic N) is 2. The van der Waals surface area contributed by atoms with Crippen LogP contribution < -0.4 is 9.46 Å². The first-order chi connectivity index (χ1) is 14.3. The van der Waals surface area contributed by atoms with Crippen LogP contribution in [0.4, 0.5) is 5.82 Å². The second-order valence-electron chi connectivity index (χ2n) is 5.96. The SMILES string of the molecule is COc1nc(SCC(O)c2ccccc2)cnc1NS(=O)(=O)c1cccc(Cl)c1Cl. The summed E-state index contributed by atoms with van der Waals surface area (Å²) in [5.74, 6) is 0.225. The maximum atomic E-state index is 12.7. The van der Waals surface area contributed by atoms with Crippen molar-refractivity contribution in [1.29, 1.82) is 0 Å². The molecule has 2 N–H and O–H groups in total. The lowest BCUT2D eigenvalue weighted by molar-refractivity contribution is 0.204. The summed E-state index contributed by atoms with van der Waals surface area (Å²) in [5.41, 5.74) is 0.785. The van der Waals surface area contributed by atoms with Crippen molar-refractivity contribution in [2.45, 2.75) is 16.0 Å². The summed E-state index contributed by atoms with van der Waals surface area (Å²) in [6, 6.07) is 13.5. The average molecular weight is 486 g/mol. The van der Waals surface area contributed by atoms with Crippen molar-refractivity contribution in [1.82, 2.24) is 9.97 Å². The van der Waals surface area contributed by atoms with Crippen LogP contribution in [0.15, 0.2) is 64.6 Å². The molecule has 2 aromatic carbocycles. The number of rotatable bonds is 8. The fourth-order valence-corrected chi connectivity index (χ4v) is 5.01. The molecular formula is C19H17Cl2N3O4S2. The monoisotopic (exact) mass is 485 g/mol. The van der Waals surface area contributed by atoms with Crippen LogP contribution in [0.5, 0.6) is 5.88 Å². The molecule has 0 saturated carbocycles. The number of benzene rings is 2. The van der Waals surface area contributed by atoms with Gasteiger partial charge in [0.2, 0.25) is 5.82 Å². The lowest BCUT2D eigenvalue weighted by Gasteiger charge is -2.13. The van der Waals surface area contributed by atoms with Gasteiger partial charge in [0.1, 0.15) is 9.92 Å². The van der Waals surface area contributed by atoms with Gasteiger partial charge in [-0.05, 0) is 17.7 Å². The highest BCUT2D eigenvalue weighted by Gasteiger charge is 2.23. The summed E-state index contributed by atoms with van der Waals surface area (Å²) < 4.78 is 32.9. The first-order valence-corrected chi connectivity index (χ1v) is 11.8. The van der Waals surface area contributed by atoms with Crippen LogP contribution in [0.3, 0.4) is 0 Å². The van der Waals surface area contributed by atoms with E-state index in [9.17, 15) is 13.5 Å². The van der Waals surface area contributed by atoms with Crippen LogP contribution in [0.25, 0.3) is 0 Å². The number of sulfonamides is 1. The second kappa shape index (κ2) is 9.84. The highest BCUT2D eigenvalue weighted by Crippen LogP contribution is 2.32. The van der Waals surface area contributed by atoms with Crippen LogP contribution in [0.2, 0.25) is 10.0 Å². The molecule has 1 heterocycles. The van der Waals surface area contributed by atoms with Crippen LogP contribution in [0, 0.1) is 0 Å². The molecule has 0 amide bonds. The normalized spacial score (nSPS) is 12.4. The van der Waals surface area contributed by atoms with Crippen LogP contribution in [-0.2, 0) is 10.0 Å². The molecule has 0 spiro atoms. The van der Waals surface area contributed by atoms with E-state index >= 15 is 0 Å². The molecule has 30 heavy (non-hydrogen) atoms. The standard InChI is InChI=1S/C19H17Cl2N3O4S2/c1-28-19-18(24-30(26,27)15-9-5-8-13(20)17(15)21)22-10-16(23-19)29-11-14(25)12-6-3-2-4-7-12/h2-10,14,25H,11H2,1H3,(H,22,24). The highest BCUT2D eigenvalue weighted by atomic mass is 35.5. The molecule has 3 rings (SSSR count). The fourth-order valence-electron chi connectivity index (χ4n) is 2.45. The number of aliphatic hydroxyl groups is 1. The van der Waals surface area contributed by atoms with Gasteiger partial charge in [-0.15, -0.1) is 11.8 Å². The van der Waals surface area contributed by atoms with Gasteiger partial charge in [0.15, 0.2) is 0 Å². The number of hydrogen-bond acceptors (Lipinski definition) is 7. The molecule has 0 aliphatic rings. The molecule has 158 valence electrons. The zero-order valence-corrected chi connectivity index (χ0v) is 18.8. The Bertz CT molecular complexity index is 1130. The molecule has 0 radical (unpaired) electrons. The third-order valence-electron chi connectivity index (χ3n) is 3.92. The number of anilines is 1. The quantitative estimate of drug-likeness (QED) is 0.455. The second-order valence-corrected chi connectivity index (χ2v) is 9.44. The summed E-state index contributed by atoms with van der Waals surface area (Å²) in [6.07, 6.45) is 0.703. The number of aromatic nitrogens is 2. The Morgan fingerprint density at radius 1 is 1.17 bits per heavy atom. The van der Waals surface area contributed by atoms with Crippen LogP contribution in [-0.4, -0.2) is 36.4 Å². The van der Waals surface area contributed by atoms with Crippen molar-refractivity contribution in [2.75, 3.05) is 17.6 Å². The lowest BCUT2D eigenvalue weighted by Crippen LogP contribution is -2.16. The molecule has 0 aliphatic carbocycles. The maximum Gasteiger partial charge on any atom is 0.264 e. The Morgan fingerprint density at radius 2 is 1.90 bits per heavy atom. The molecule has 0 saturated heterocycles. The van der Waals surface area contributed by atoms with E-state index in [-0.39, 0.29) is 26.6 Å². The van der Waals surface area contributed by atoms with E-state index in [1.54, 1.807) is 0 Å². The first kappa shape index (κ1) is 22.6. The Kier molecular flexibility index (Phi) is 7.43. The number of ether oxygens (including phenoxy) is 1. The van der Waals surface area contributed by atoms with Gasteiger partial charge < -0.3 is 9.84 Å². The van der Waals surface area contributed by atoms with E-state index in [2.05, 4.69) is 14.7 Å². The number of methoxy groups -OCH3 is 1. The highest BCUT2D eigenvalue weighted by molar-refractivity contribution is 7.99. The molecule has 7 nitrogen and oxygen atoms in total. The largest absolute Gasteiger partial charge is 0.478 e. The van der Waals surface area contributed by atoms with Gasteiger partial charge in [-0.1, -0.05) is 59.6 Å². The van der Waals surface area contributed by atoms with Crippen molar-refractivity contribution in [2.24, 2.45) is 0 Å². The summed E-state index contributed by atoms with van der Waals surface area (Å²) in [5, 5.41) is 10.8. The van der Waals surface area contributed by atoms with Gasteiger partial charge in [-0.25, -0.2) is 18.4 Å². The van der Waals surface area contributed by atoms with Crippen LogP contribution in [0.1, 0.15) is 11.7 Å². The van der Waals surface area contributed by atoms with E-state index in [1.807, 2.05) is 30.3 Å². The van der Waals surface area contributed by atoms with E-state index in [1.165, 1.54) is 43.3 Å². The Hall–Kier alpha value is -2.04. The van der Waals surface area contributed by atoms with Gasteiger partial charge >= 0.3 is 0 Å². The zero-order chi connectivity index (χ0) is 21.7. The van der Waals surface area contributed by atoms with Crippen molar-refractivity contribution >= 4 is 50.8 Å². The summed E-state index contributed by atoms with van der Waals surface area (Å²) in [4.78, 5) is 8.17.